The molecule has 0 bridgehead atoms. The fourth-order valence-corrected chi connectivity index (χ4v) is 0.791. The van der Waals surface area contributed by atoms with Crippen LogP contribution in [0.2, 0.25) is 0 Å². The van der Waals surface area contributed by atoms with Gasteiger partial charge in [-0.05, 0) is 13.3 Å². The summed E-state index contributed by atoms with van der Waals surface area (Å²) in [6.07, 6.45) is 4.26. The van der Waals surface area contributed by atoms with Gasteiger partial charge < -0.3 is 10.1 Å². The minimum Gasteiger partial charge on any atom is -0.380 e. The Labute approximate surface area is 76.0 Å². The number of hydrogen-bond donors (Lipinski definition) is 1. The van der Waals surface area contributed by atoms with Crippen molar-refractivity contribution in [3.63, 3.8) is 0 Å². The first kappa shape index (κ1) is 11.7. The van der Waals surface area contributed by atoms with Gasteiger partial charge in [0.25, 0.3) is 0 Å². The van der Waals surface area contributed by atoms with Crippen molar-refractivity contribution in [1.82, 2.24) is 5.32 Å². The molecule has 2 heteroatoms. The highest BCUT2D eigenvalue weighted by Crippen LogP contribution is 1.87. The zero-order chi connectivity index (χ0) is 9.23. The largest absolute Gasteiger partial charge is 0.380 e. The Morgan fingerprint density at radius 2 is 2.25 bits per heavy atom. The Balaban J connectivity index is 2.95. The second-order valence-corrected chi connectivity index (χ2v) is 2.94. The molecule has 0 aromatic heterocycles. The predicted octanol–water partition coefficient (Wildman–Crippen LogP) is 1.97. The molecule has 0 aliphatic heterocycles. The van der Waals surface area contributed by atoms with Crippen LogP contribution in [0.1, 0.15) is 26.7 Å². The lowest BCUT2D eigenvalue weighted by Crippen LogP contribution is -2.27. The highest BCUT2D eigenvalue weighted by molar-refractivity contribution is 4.80. The number of rotatable bonds is 8. The van der Waals surface area contributed by atoms with E-state index in [1.165, 1.54) is 6.42 Å². The van der Waals surface area contributed by atoms with Gasteiger partial charge in [-0.1, -0.05) is 19.4 Å². The first-order valence-corrected chi connectivity index (χ1v) is 4.75. The molecule has 0 aliphatic carbocycles. The van der Waals surface area contributed by atoms with Crippen LogP contribution in [0.25, 0.3) is 0 Å². The number of ether oxygens (including phenoxy) is 1. The SMILES string of the molecule is C=CC(C)NCCOCCCC. The van der Waals surface area contributed by atoms with Crippen LogP contribution in [0.3, 0.4) is 0 Å². The maximum absolute atomic E-state index is 5.37. The normalized spacial score (nSPS) is 12.8. The Kier molecular flexibility index (Phi) is 8.51. The molecule has 1 N–H and O–H groups in total. The third-order valence-electron chi connectivity index (χ3n) is 1.71. The molecule has 0 aromatic carbocycles. The summed E-state index contributed by atoms with van der Waals surface area (Å²) in [5, 5.41) is 3.27. The van der Waals surface area contributed by atoms with Gasteiger partial charge in [-0.25, -0.2) is 0 Å². The van der Waals surface area contributed by atoms with Gasteiger partial charge in [0, 0.05) is 19.2 Å². The quantitative estimate of drug-likeness (QED) is 0.445. The molecule has 1 atom stereocenters. The Hall–Kier alpha value is -0.340. The highest BCUT2D eigenvalue weighted by atomic mass is 16.5. The van der Waals surface area contributed by atoms with E-state index in [1.807, 2.05) is 6.08 Å². The molecule has 0 rings (SSSR count). The molecule has 12 heavy (non-hydrogen) atoms. The van der Waals surface area contributed by atoms with Gasteiger partial charge in [0.2, 0.25) is 0 Å². The molecule has 72 valence electrons. The summed E-state index contributed by atoms with van der Waals surface area (Å²) in [5.74, 6) is 0. The Bertz CT molecular complexity index is 104. The second-order valence-electron chi connectivity index (χ2n) is 2.94. The van der Waals surface area contributed by atoms with Crippen molar-refractivity contribution in [1.29, 1.82) is 0 Å². The van der Waals surface area contributed by atoms with E-state index in [4.69, 9.17) is 4.74 Å². The molecular formula is C10H21NO. The summed E-state index contributed by atoms with van der Waals surface area (Å²) in [4.78, 5) is 0. The molecule has 0 fully saturated rings. The molecule has 0 saturated heterocycles. The zero-order valence-corrected chi connectivity index (χ0v) is 8.31. The van der Waals surface area contributed by atoms with Gasteiger partial charge in [-0.15, -0.1) is 6.58 Å². The second kappa shape index (κ2) is 8.75. The summed E-state index contributed by atoms with van der Waals surface area (Å²) in [6, 6.07) is 0.389. The van der Waals surface area contributed by atoms with Crippen molar-refractivity contribution >= 4 is 0 Å². The average Bonchev–Trinajstić information content (AvgIpc) is 2.10. The maximum atomic E-state index is 5.37. The van der Waals surface area contributed by atoms with E-state index in [1.54, 1.807) is 0 Å². The van der Waals surface area contributed by atoms with E-state index < -0.39 is 0 Å². The van der Waals surface area contributed by atoms with Crippen LogP contribution in [0.15, 0.2) is 12.7 Å². The third kappa shape index (κ3) is 7.76. The molecule has 0 radical (unpaired) electrons. The van der Waals surface area contributed by atoms with E-state index in [0.29, 0.717) is 6.04 Å². The zero-order valence-electron chi connectivity index (χ0n) is 8.31. The van der Waals surface area contributed by atoms with E-state index in [2.05, 4.69) is 25.7 Å². The van der Waals surface area contributed by atoms with E-state index >= 15 is 0 Å². The monoisotopic (exact) mass is 171 g/mol. The van der Waals surface area contributed by atoms with Crippen molar-refractivity contribution in [2.75, 3.05) is 19.8 Å². The summed E-state index contributed by atoms with van der Waals surface area (Å²) in [5.41, 5.74) is 0. The van der Waals surface area contributed by atoms with Crippen LogP contribution < -0.4 is 5.32 Å². The van der Waals surface area contributed by atoms with E-state index in [-0.39, 0.29) is 0 Å². The topological polar surface area (TPSA) is 21.3 Å². The molecule has 0 amide bonds. The van der Waals surface area contributed by atoms with Gasteiger partial charge in [-0.2, -0.15) is 0 Å². The fourth-order valence-electron chi connectivity index (χ4n) is 0.791. The molecule has 2 nitrogen and oxygen atoms in total. The summed E-state index contributed by atoms with van der Waals surface area (Å²) in [6.45, 7) is 10.5. The first-order chi connectivity index (χ1) is 5.81. The lowest BCUT2D eigenvalue weighted by atomic mass is 10.3. The molecule has 0 saturated carbocycles. The molecule has 0 heterocycles. The molecule has 0 aromatic rings. The van der Waals surface area contributed by atoms with Crippen molar-refractivity contribution in [2.45, 2.75) is 32.7 Å². The minimum atomic E-state index is 0.389. The fraction of sp³-hybridized carbons (Fsp3) is 0.800. The van der Waals surface area contributed by atoms with E-state index in [0.717, 1.165) is 26.2 Å². The van der Waals surface area contributed by atoms with Crippen LogP contribution in [0.5, 0.6) is 0 Å². The van der Waals surface area contributed by atoms with Crippen LogP contribution in [-0.2, 0) is 4.74 Å². The smallest absolute Gasteiger partial charge is 0.0591 e. The van der Waals surface area contributed by atoms with E-state index in [9.17, 15) is 0 Å². The molecule has 1 unspecified atom stereocenters. The number of unbranched alkanes of at least 4 members (excludes halogenated alkanes) is 1. The maximum Gasteiger partial charge on any atom is 0.0591 e. The van der Waals surface area contributed by atoms with Gasteiger partial charge in [0.05, 0.1) is 6.61 Å². The van der Waals surface area contributed by atoms with Crippen molar-refractivity contribution < 1.29 is 4.74 Å². The van der Waals surface area contributed by atoms with Gasteiger partial charge in [0.15, 0.2) is 0 Å². The third-order valence-corrected chi connectivity index (χ3v) is 1.71. The van der Waals surface area contributed by atoms with Crippen LogP contribution in [0, 0.1) is 0 Å². The van der Waals surface area contributed by atoms with Gasteiger partial charge in [-0.3, -0.25) is 0 Å². The lowest BCUT2D eigenvalue weighted by molar-refractivity contribution is 0.132. The van der Waals surface area contributed by atoms with Crippen LogP contribution in [-0.4, -0.2) is 25.8 Å². The molecule has 0 aliphatic rings. The van der Waals surface area contributed by atoms with Crippen LogP contribution >= 0.6 is 0 Å². The number of nitrogens with one attached hydrogen (secondary N) is 1. The van der Waals surface area contributed by atoms with Crippen molar-refractivity contribution in [3.8, 4) is 0 Å². The van der Waals surface area contributed by atoms with Gasteiger partial charge >= 0.3 is 0 Å². The Morgan fingerprint density at radius 1 is 1.50 bits per heavy atom. The molecule has 0 spiro atoms. The predicted molar refractivity (Wildman–Crippen MR) is 53.4 cm³/mol. The Morgan fingerprint density at radius 3 is 2.83 bits per heavy atom. The minimum absolute atomic E-state index is 0.389. The van der Waals surface area contributed by atoms with Crippen LogP contribution in [0.4, 0.5) is 0 Å². The van der Waals surface area contributed by atoms with Gasteiger partial charge in [0.1, 0.15) is 0 Å². The number of hydrogen-bond acceptors (Lipinski definition) is 2. The molecular weight excluding hydrogens is 150 g/mol. The van der Waals surface area contributed by atoms with Crippen molar-refractivity contribution in [3.05, 3.63) is 12.7 Å². The summed E-state index contributed by atoms with van der Waals surface area (Å²) < 4.78 is 5.37. The average molecular weight is 171 g/mol. The highest BCUT2D eigenvalue weighted by Gasteiger charge is 1.92. The van der Waals surface area contributed by atoms with Crippen molar-refractivity contribution in [2.24, 2.45) is 0 Å². The standard InChI is InChI=1S/C10H21NO/c1-4-6-8-12-9-7-11-10(3)5-2/h5,10-11H,2,4,6-9H2,1,3H3. The summed E-state index contributed by atoms with van der Waals surface area (Å²) >= 11 is 0. The lowest BCUT2D eigenvalue weighted by Gasteiger charge is -2.08. The summed E-state index contributed by atoms with van der Waals surface area (Å²) in [7, 11) is 0. The first-order valence-electron chi connectivity index (χ1n) is 4.75.